The van der Waals surface area contributed by atoms with Gasteiger partial charge in [-0.2, -0.15) is 13.2 Å². The molecule has 1 aromatic carbocycles. The molecule has 0 fully saturated rings. The number of rotatable bonds is 2. The summed E-state index contributed by atoms with van der Waals surface area (Å²) in [6.45, 7) is 0. The molecule has 1 heterocycles. The van der Waals surface area contributed by atoms with Gasteiger partial charge in [0, 0.05) is 18.0 Å². The van der Waals surface area contributed by atoms with Gasteiger partial charge in [-0.15, -0.1) is 0 Å². The number of carboxylic acids is 1. The summed E-state index contributed by atoms with van der Waals surface area (Å²) in [4.78, 5) is 14.6. The van der Waals surface area contributed by atoms with Gasteiger partial charge >= 0.3 is 12.1 Å². The predicted molar refractivity (Wildman–Crippen MR) is 61.6 cm³/mol. The van der Waals surface area contributed by atoms with Gasteiger partial charge < -0.3 is 5.11 Å². The Morgan fingerprint density at radius 2 is 1.89 bits per heavy atom. The summed E-state index contributed by atoms with van der Waals surface area (Å²) in [5, 5.41) is 8.78. The standard InChI is InChI=1S/C13H8F3NO2/c14-13(15,16)11-6-8(3-4-10(11)12(18)19)9-2-1-5-17-7-9/h1-7H,(H,18,19). The van der Waals surface area contributed by atoms with E-state index in [1.165, 1.54) is 18.5 Å². The molecule has 0 spiro atoms. The van der Waals surface area contributed by atoms with Crippen LogP contribution in [-0.2, 0) is 6.18 Å². The Kier molecular flexibility index (Phi) is 3.25. The number of alkyl halides is 3. The van der Waals surface area contributed by atoms with Crippen molar-refractivity contribution < 1.29 is 23.1 Å². The first-order chi connectivity index (χ1) is 8.89. The number of hydrogen-bond acceptors (Lipinski definition) is 2. The van der Waals surface area contributed by atoms with Crippen molar-refractivity contribution in [2.24, 2.45) is 0 Å². The highest BCUT2D eigenvalue weighted by atomic mass is 19.4. The van der Waals surface area contributed by atoms with E-state index in [1.807, 2.05) is 0 Å². The lowest BCUT2D eigenvalue weighted by molar-refractivity contribution is -0.138. The van der Waals surface area contributed by atoms with Crippen molar-refractivity contribution in [3.05, 3.63) is 53.9 Å². The molecule has 0 bridgehead atoms. The van der Waals surface area contributed by atoms with Gasteiger partial charge in [-0.05, 0) is 23.8 Å². The Bertz CT molecular complexity index is 609. The fraction of sp³-hybridized carbons (Fsp3) is 0.0769. The van der Waals surface area contributed by atoms with E-state index in [2.05, 4.69) is 4.98 Å². The van der Waals surface area contributed by atoms with Crippen LogP contribution in [0.3, 0.4) is 0 Å². The quantitative estimate of drug-likeness (QED) is 0.906. The van der Waals surface area contributed by atoms with Crippen molar-refractivity contribution in [2.75, 3.05) is 0 Å². The second-order valence-electron chi connectivity index (χ2n) is 3.80. The van der Waals surface area contributed by atoms with Gasteiger partial charge in [0.05, 0.1) is 11.1 Å². The molecule has 2 rings (SSSR count). The van der Waals surface area contributed by atoms with Gasteiger partial charge in [-0.25, -0.2) is 4.79 Å². The van der Waals surface area contributed by atoms with Gasteiger partial charge in [-0.3, -0.25) is 4.98 Å². The fourth-order valence-electron chi connectivity index (χ4n) is 1.68. The van der Waals surface area contributed by atoms with Gasteiger partial charge in [0.15, 0.2) is 0 Å². The lowest BCUT2D eigenvalue weighted by Crippen LogP contribution is -2.12. The number of aromatic nitrogens is 1. The minimum atomic E-state index is -4.72. The molecule has 0 aliphatic rings. The number of carboxylic acid groups (broad SMARTS) is 1. The Labute approximate surface area is 106 Å². The number of nitrogens with zero attached hydrogens (tertiary/aromatic N) is 1. The van der Waals surface area contributed by atoms with E-state index in [1.54, 1.807) is 12.1 Å². The zero-order valence-corrected chi connectivity index (χ0v) is 9.48. The first-order valence-electron chi connectivity index (χ1n) is 5.24. The maximum Gasteiger partial charge on any atom is 0.417 e. The molecule has 2 aromatic rings. The van der Waals surface area contributed by atoms with E-state index < -0.39 is 23.3 Å². The second kappa shape index (κ2) is 4.72. The van der Waals surface area contributed by atoms with Gasteiger partial charge in [0.1, 0.15) is 0 Å². The molecule has 0 saturated carbocycles. The molecular formula is C13H8F3NO2. The summed E-state index contributed by atoms with van der Waals surface area (Å²) in [7, 11) is 0. The van der Waals surface area contributed by atoms with Crippen molar-refractivity contribution in [1.29, 1.82) is 0 Å². The van der Waals surface area contributed by atoms with Crippen LogP contribution in [-0.4, -0.2) is 16.1 Å². The molecule has 0 amide bonds. The van der Waals surface area contributed by atoms with E-state index in [0.717, 1.165) is 12.1 Å². The Balaban J connectivity index is 2.60. The normalized spacial score (nSPS) is 11.3. The molecule has 3 nitrogen and oxygen atoms in total. The van der Waals surface area contributed by atoms with Crippen LogP contribution in [0.1, 0.15) is 15.9 Å². The average Bonchev–Trinajstić information content (AvgIpc) is 2.38. The molecule has 6 heteroatoms. The largest absolute Gasteiger partial charge is 0.478 e. The highest BCUT2D eigenvalue weighted by Gasteiger charge is 2.35. The molecule has 0 atom stereocenters. The Morgan fingerprint density at radius 3 is 2.42 bits per heavy atom. The van der Waals surface area contributed by atoms with E-state index in [4.69, 9.17) is 5.11 Å². The number of hydrogen-bond donors (Lipinski definition) is 1. The first kappa shape index (κ1) is 13.1. The monoisotopic (exact) mass is 267 g/mol. The van der Waals surface area contributed by atoms with Crippen LogP contribution in [0.4, 0.5) is 13.2 Å². The predicted octanol–water partition coefficient (Wildman–Crippen LogP) is 3.47. The third-order valence-electron chi connectivity index (χ3n) is 2.55. The zero-order valence-electron chi connectivity index (χ0n) is 9.48. The maximum atomic E-state index is 12.8. The SMILES string of the molecule is O=C(O)c1ccc(-c2cccnc2)cc1C(F)(F)F. The minimum absolute atomic E-state index is 0.269. The Hall–Kier alpha value is -2.37. The highest BCUT2D eigenvalue weighted by molar-refractivity contribution is 5.90. The van der Waals surface area contributed by atoms with Crippen LogP contribution < -0.4 is 0 Å². The number of aromatic carboxylic acids is 1. The smallest absolute Gasteiger partial charge is 0.417 e. The molecular weight excluding hydrogens is 259 g/mol. The van der Waals surface area contributed by atoms with Gasteiger partial charge in [0.2, 0.25) is 0 Å². The molecule has 0 saturated heterocycles. The first-order valence-corrected chi connectivity index (χ1v) is 5.24. The van der Waals surface area contributed by atoms with Crippen LogP contribution in [0.5, 0.6) is 0 Å². The molecule has 98 valence electrons. The maximum absolute atomic E-state index is 12.8. The van der Waals surface area contributed by atoms with Crippen molar-refractivity contribution >= 4 is 5.97 Å². The molecule has 19 heavy (non-hydrogen) atoms. The van der Waals surface area contributed by atoms with Crippen molar-refractivity contribution in [3.8, 4) is 11.1 Å². The van der Waals surface area contributed by atoms with Crippen LogP contribution >= 0.6 is 0 Å². The third kappa shape index (κ3) is 2.73. The van der Waals surface area contributed by atoms with E-state index in [0.29, 0.717) is 5.56 Å². The summed E-state index contributed by atoms with van der Waals surface area (Å²) < 4.78 is 38.5. The second-order valence-corrected chi connectivity index (χ2v) is 3.80. The summed E-state index contributed by atoms with van der Waals surface area (Å²) in [5.74, 6) is -1.61. The van der Waals surface area contributed by atoms with Crippen LogP contribution in [0, 0.1) is 0 Å². The third-order valence-corrected chi connectivity index (χ3v) is 2.55. The summed E-state index contributed by atoms with van der Waals surface area (Å²) >= 11 is 0. The average molecular weight is 267 g/mol. The fourth-order valence-corrected chi connectivity index (χ4v) is 1.68. The highest BCUT2D eigenvalue weighted by Crippen LogP contribution is 2.34. The zero-order chi connectivity index (χ0) is 14.0. The topological polar surface area (TPSA) is 50.2 Å². The number of pyridine rings is 1. The molecule has 0 unspecified atom stereocenters. The molecule has 1 N–H and O–H groups in total. The van der Waals surface area contributed by atoms with Crippen LogP contribution in [0.2, 0.25) is 0 Å². The number of halogens is 3. The lowest BCUT2D eigenvalue weighted by atomic mass is 10.00. The van der Waals surface area contributed by atoms with Gasteiger partial charge in [-0.1, -0.05) is 12.1 Å². The van der Waals surface area contributed by atoms with Crippen molar-refractivity contribution in [1.82, 2.24) is 4.98 Å². The van der Waals surface area contributed by atoms with Crippen molar-refractivity contribution in [3.63, 3.8) is 0 Å². The van der Waals surface area contributed by atoms with Gasteiger partial charge in [0.25, 0.3) is 0 Å². The molecule has 1 aromatic heterocycles. The van der Waals surface area contributed by atoms with E-state index in [-0.39, 0.29) is 5.56 Å². The van der Waals surface area contributed by atoms with Crippen molar-refractivity contribution in [2.45, 2.75) is 6.18 Å². The molecule has 0 radical (unpaired) electrons. The lowest BCUT2D eigenvalue weighted by Gasteiger charge is -2.12. The van der Waals surface area contributed by atoms with Crippen LogP contribution in [0.15, 0.2) is 42.7 Å². The summed E-state index contributed by atoms with van der Waals surface area (Å²) in [5.41, 5.74) is -1.17. The summed E-state index contributed by atoms with van der Waals surface area (Å²) in [6.07, 6.45) is -1.80. The van der Waals surface area contributed by atoms with E-state index in [9.17, 15) is 18.0 Å². The summed E-state index contributed by atoms with van der Waals surface area (Å²) in [6, 6.07) is 6.29. The number of carbonyl (C=O) groups is 1. The molecule has 0 aliphatic heterocycles. The minimum Gasteiger partial charge on any atom is -0.478 e. The number of benzene rings is 1. The molecule has 0 aliphatic carbocycles. The Morgan fingerprint density at radius 1 is 1.16 bits per heavy atom. The van der Waals surface area contributed by atoms with Crippen LogP contribution in [0.25, 0.3) is 11.1 Å². The van der Waals surface area contributed by atoms with E-state index >= 15 is 0 Å².